The summed E-state index contributed by atoms with van der Waals surface area (Å²) in [5, 5.41) is 7.56. The van der Waals surface area contributed by atoms with Gasteiger partial charge in [-0.1, -0.05) is 30.3 Å². The average molecular weight is 411 g/mol. The van der Waals surface area contributed by atoms with Crippen LogP contribution in [0.5, 0.6) is 0 Å². The second-order valence-electron chi connectivity index (χ2n) is 6.91. The van der Waals surface area contributed by atoms with Crippen LogP contribution in [0.3, 0.4) is 0 Å². The van der Waals surface area contributed by atoms with Crippen molar-refractivity contribution in [2.75, 3.05) is 11.9 Å². The summed E-state index contributed by atoms with van der Waals surface area (Å²) in [4.78, 5) is 12.7. The minimum Gasteiger partial charge on any atom is -0.461 e. The van der Waals surface area contributed by atoms with E-state index in [0.717, 1.165) is 15.3 Å². The molecule has 0 amide bonds. The highest BCUT2D eigenvalue weighted by Gasteiger charge is 2.36. The molecule has 3 aromatic rings. The van der Waals surface area contributed by atoms with Gasteiger partial charge in [0.25, 0.3) is 10.0 Å². The Morgan fingerprint density at radius 1 is 1.21 bits per heavy atom. The number of rotatable bonds is 4. The first-order valence-electron chi connectivity index (χ1n) is 9.32. The van der Waals surface area contributed by atoms with Gasteiger partial charge in [0.05, 0.1) is 23.2 Å². The first-order valence-corrected chi connectivity index (χ1v) is 10.8. The van der Waals surface area contributed by atoms with Crippen molar-refractivity contribution in [3.8, 4) is 11.3 Å². The molecular weight excluding hydrogens is 390 g/mol. The number of ether oxygens (including phenoxy) is 1. The van der Waals surface area contributed by atoms with Gasteiger partial charge in [-0.15, -0.1) is 5.10 Å². The summed E-state index contributed by atoms with van der Waals surface area (Å²) in [7, 11) is -4.03. The SMILES string of the molecule is CCOC(=O)c1nn(S(=O)(=O)c2cccc(C)c2)c2c1C(C)Nc1ccccc1-2. The molecular formula is C21H21N3O4S. The number of nitrogens with zero attached hydrogens (tertiary/aromatic N) is 2. The Morgan fingerprint density at radius 2 is 1.97 bits per heavy atom. The van der Waals surface area contributed by atoms with Crippen LogP contribution in [0, 0.1) is 6.92 Å². The number of esters is 1. The van der Waals surface area contributed by atoms with Crippen molar-refractivity contribution in [1.29, 1.82) is 0 Å². The maximum Gasteiger partial charge on any atom is 0.359 e. The van der Waals surface area contributed by atoms with Crippen molar-refractivity contribution in [2.45, 2.75) is 31.7 Å². The van der Waals surface area contributed by atoms with Gasteiger partial charge in [0, 0.05) is 16.8 Å². The molecule has 0 spiro atoms. The van der Waals surface area contributed by atoms with Gasteiger partial charge in [-0.2, -0.15) is 12.5 Å². The van der Waals surface area contributed by atoms with Gasteiger partial charge >= 0.3 is 5.97 Å². The standard InChI is InChI=1S/C21H21N3O4S/c1-4-28-21(25)19-18-14(3)22-17-11-6-5-10-16(17)20(18)24(23-19)29(26,27)15-9-7-8-13(2)12-15/h5-12,14,22H,4H2,1-3H3. The van der Waals surface area contributed by atoms with E-state index in [1.807, 2.05) is 44.2 Å². The molecule has 1 unspecified atom stereocenters. The van der Waals surface area contributed by atoms with E-state index in [1.165, 1.54) is 6.07 Å². The third-order valence-corrected chi connectivity index (χ3v) is 6.43. The molecule has 1 atom stereocenters. The van der Waals surface area contributed by atoms with Crippen molar-refractivity contribution in [3.05, 3.63) is 65.4 Å². The number of nitrogens with one attached hydrogen (secondary N) is 1. The van der Waals surface area contributed by atoms with E-state index in [4.69, 9.17) is 4.74 Å². The van der Waals surface area contributed by atoms with Gasteiger partial charge in [-0.05, 0) is 44.5 Å². The van der Waals surface area contributed by atoms with Crippen molar-refractivity contribution >= 4 is 21.7 Å². The van der Waals surface area contributed by atoms with E-state index in [9.17, 15) is 13.2 Å². The number of carbonyl (C=O) groups excluding carboxylic acids is 1. The monoisotopic (exact) mass is 411 g/mol. The molecule has 0 saturated heterocycles. The highest BCUT2D eigenvalue weighted by atomic mass is 32.2. The van der Waals surface area contributed by atoms with Gasteiger partial charge in [0.1, 0.15) is 0 Å². The van der Waals surface area contributed by atoms with Gasteiger partial charge in [-0.3, -0.25) is 0 Å². The Morgan fingerprint density at radius 3 is 2.69 bits per heavy atom. The summed E-state index contributed by atoms with van der Waals surface area (Å²) >= 11 is 0. The summed E-state index contributed by atoms with van der Waals surface area (Å²) in [5.74, 6) is -0.644. The highest BCUT2D eigenvalue weighted by Crippen LogP contribution is 2.43. The molecule has 2 heterocycles. The van der Waals surface area contributed by atoms with E-state index in [-0.39, 0.29) is 23.2 Å². The fraction of sp³-hybridized carbons (Fsp3) is 0.238. The minimum atomic E-state index is -4.03. The Bertz CT molecular complexity index is 1210. The molecule has 1 aliphatic heterocycles. The molecule has 1 N–H and O–H groups in total. The lowest BCUT2D eigenvalue weighted by atomic mass is 9.94. The molecule has 1 aliphatic rings. The number of anilines is 1. The molecule has 8 heteroatoms. The fourth-order valence-electron chi connectivity index (χ4n) is 3.59. The van der Waals surface area contributed by atoms with E-state index in [0.29, 0.717) is 16.8 Å². The third-order valence-electron chi connectivity index (χ3n) is 4.86. The lowest BCUT2D eigenvalue weighted by Crippen LogP contribution is -2.20. The van der Waals surface area contributed by atoms with E-state index in [2.05, 4.69) is 10.4 Å². The smallest absolute Gasteiger partial charge is 0.359 e. The summed E-state index contributed by atoms with van der Waals surface area (Å²) in [6.07, 6.45) is 0. The summed E-state index contributed by atoms with van der Waals surface area (Å²) < 4.78 is 33.1. The number of hydrogen-bond donors (Lipinski definition) is 1. The van der Waals surface area contributed by atoms with E-state index in [1.54, 1.807) is 19.1 Å². The summed E-state index contributed by atoms with van der Waals surface area (Å²) in [5.41, 5.74) is 3.17. The predicted octanol–water partition coefficient (Wildman–Crippen LogP) is 3.76. The number of benzene rings is 2. The number of para-hydroxylation sites is 1. The molecule has 0 aliphatic carbocycles. The molecule has 4 rings (SSSR count). The van der Waals surface area contributed by atoms with Crippen molar-refractivity contribution in [2.24, 2.45) is 0 Å². The summed E-state index contributed by atoms with van der Waals surface area (Å²) in [6.45, 7) is 5.55. The number of aromatic nitrogens is 2. The van der Waals surface area contributed by atoms with Gasteiger partial charge < -0.3 is 10.1 Å². The van der Waals surface area contributed by atoms with Crippen molar-refractivity contribution < 1.29 is 17.9 Å². The molecule has 0 saturated carbocycles. The van der Waals surface area contributed by atoms with E-state index < -0.39 is 16.0 Å². The second-order valence-corrected chi connectivity index (χ2v) is 8.67. The first kappa shape index (κ1) is 19.2. The molecule has 0 radical (unpaired) electrons. The average Bonchev–Trinajstić information content (AvgIpc) is 3.11. The molecule has 0 fully saturated rings. The Hall–Kier alpha value is -3.13. The van der Waals surface area contributed by atoms with Crippen LogP contribution in [0.4, 0.5) is 5.69 Å². The highest BCUT2D eigenvalue weighted by molar-refractivity contribution is 7.90. The fourth-order valence-corrected chi connectivity index (χ4v) is 5.00. The van der Waals surface area contributed by atoms with E-state index >= 15 is 0 Å². The lowest BCUT2D eigenvalue weighted by Gasteiger charge is -2.25. The van der Waals surface area contributed by atoms with Crippen molar-refractivity contribution in [3.63, 3.8) is 0 Å². The molecule has 7 nitrogen and oxygen atoms in total. The zero-order chi connectivity index (χ0) is 20.8. The topological polar surface area (TPSA) is 90.3 Å². The number of aryl methyl sites for hydroxylation is 1. The van der Waals surface area contributed by atoms with Crippen LogP contribution in [-0.2, 0) is 14.8 Å². The molecule has 2 aromatic carbocycles. The van der Waals surface area contributed by atoms with Crippen LogP contribution in [0.1, 0.15) is 41.5 Å². The van der Waals surface area contributed by atoms with Crippen LogP contribution in [0.15, 0.2) is 53.4 Å². The van der Waals surface area contributed by atoms with Crippen LogP contribution >= 0.6 is 0 Å². The second kappa shape index (κ2) is 7.04. The largest absolute Gasteiger partial charge is 0.461 e. The van der Waals surface area contributed by atoms with Gasteiger partial charge in [0.15, 0.2) is 5.69 Å². The molecule has 0 bridgehead atoms. The molecule has 29 heavy (non-hydrogen) atoms. The summed E-state index contributed by atoms with van der Waals surface area (Å²) in [6, 6.07) is 13.7. The van der Waals surface area contributed by atoms with Gasteiger partial charge in [-0.25, -0.2) is 4.79 Å². The Labute approximate surface area is 169 Å². The number of fused-ring (bicyclic) bond motifs is 3. The zero-order valence-electron chi connectivity index (χ0n) is 16.3. The Balaban J connectivity index is 2.04. The van der Waals surface area contributed by atoms with Crippen LogP contribution in [-0.4, -0.2) is 30.2 Å². The Kier molecular flexibility index (Phi) is 4.66. The van der Waals surface area contributed by atoms with Crippen LogP contribution in [0.25, 0.3) is 11.3 Å². The molecule has 1 aromatic heterocycles. The quantitative estimate of drug-likeness (QED) is 0.658. The number of carbonyl (C=O) groups is 1. The van der Waals surface area contributed by atoms with Crippen molar-refractivity contribution in [1.82, 2.24) is 9.19 Å². The van der Waals surface area contributed by atoms with Gasteiger partial charge in [0.2, 0.25) is 0 Å². The maximum atomic E-state index is 13.5. The van der Waals surface area contributed by atoms with Crippen LogP contribution < -0.4 is 5.32 Å². The van der Waals surface area contributed by atoms with Crippen LogP contribution in [0.2, 0.25) is 0 Å². The lowest BCUT2D eigenvalue weighted by molar-refractivity contribution is 0.0517. The zero-order valence-corrected chi connectivity index (χ0v) is 17.2. The molecule has 150 valence electrons. The predicted molar refractivity (Wildman–Crippen MR) is 109 cm³/mol. The first-order chi connectivity index (χ1) is 13.8. The normalized spacial score (nSPS) is 15.2. The third kappa shape index (κ3) is 3.09. The minimum absolute atomic E-state index is 0.00702. The number of hydrogen-bond acceptors (Lipinski definition) is 6. The maximum absolute atomic E-state index is 13.5.